The van der Waals surface area contributed by atoms with E-state index in [-0.39, 0.29) is 18.8 Å². The first-order valence-corrected chi connectivity index (χ1v) is 5.31. The number of H-pyrrole nitrogens is 1. The third kappa shape index (κ3) is 1.45. The highest BCUT2D eigenvalue weighted by molar-refractivity contribution is 5.09. The Labute approximate surface area is 95.7 Å². The van der Waals surface area contributed by atoms with Crippen LogP contribution in [0.1, 0.15) is 19.1 Å². The van der Waals surface area contributed by atoms with Gasteiger partial charge in [-0.2, -0.15) is 9.55 Å². The van der Waals surface area contributed by atoms with Crippen LogP contribution in [0.25, 0.3) is 0 Å². The van der Waals surface area contributed by atoms with Gasteiger partial charge in [0.1, 0.15) is 11.7 Å². The second kappa shape index (κ2) is 3.25. The molecular formula is C9H13N4O4+. The largest absolute Gasteiger partial charge is 0.446 e. The molecule has 2 aliphatic rings. The fraction of sp³-hybridized carbons (Fsp3) is 0.667. The van der Waals surface area contributed by atoms with Crippen LogP contribution in [0.3, 0.4) is 0 Å². The lowest BCUT2D eigenvalue weighted by Crippen LogP contribution is -2.58. The molecule has 1 saturated heterocycles. The van der Waals surface area contributed by atoms with E-state index >= 15 is 0 Å². The monoisotopic (exact) mass is 241 g/mol. The van der Waals surface area contributed by atoms with Crippen LogP contribution >= 0.6 is 0 Å². The molecule has 1 aliphatic heterocycles. The summed E-state index contributed by atoms with van der Waals surface area (Å²) in [5.74, 6) is 0.0194. The molecule has 0 radical (unpaired) electrons. The summed E-state index contributed by atoms with van der Waals surface area (Å²) in [6.07, 6.45) is -0.134. The van der Waals surface area contributed by atoms with Crippen LogP contribution in [-0.4, -0.2) is 38.0 Å². The molecule has 0 aromatic carbocycles. The average molecular weight is 241 g/mol. The molecule has 2 fully saturated rings. The molecule has 0 bridgehead atoms. The van der Waals surface area contributed by atoms with Crippen molar-refractivity contribution in [1.82, 2.24) is 9.97 Å². The smallest absolute Gasteiger partial charge is 0.390 e. The fourth-order valence-corrected chi connectivity index (χ4v) is 2.47. The molecule has 1 saturated carbocycles. The number of anilines is 1. The molecule has 1 aromatic rings. The summed E-state index contributed by atoms with van der Waals surface area (Å²) < 4.78 is 6.67. The number of fused-ring (bicyclic) bond motifs is 1. The average Bonchev–Trinajstić information content (AvgIpc) is 2.50. The van der Waals surface area contributed by atoms with Crippen LogP contribution in [-0.2, 0) is 4.74 Å². The molecule has 2 heterocycles. The van der Waals surface area contributed by atoms with Crippen LogP contribution in [0.4, 0.5) is 5.95 Å². The van der Waals surface area contributed by atoms with Crippen molar-refractivity contribution in [2.75, 3.05) is 5.73 Å². The van der Waals surface area contributed by atoms with Gasteiger partial charge in [0, 0.05) is 12.8 Å². The van der Waals surface area contributed by atoms with Crippen molar-refractivity contribution < 1.29 is 19.5 Å². The maximum atomic E-state index is 11.6. The Morgan fingerprint density at radius 3 is 3.00 bits per heavy atom. The van der Waals surface area contributed by atoms with Crippen LogP contribution in [0.5, 0.6) is 0 Å². The fourth-order valence-electron chi connectivity index (χ4n) is 2.47. The number of nitrogens with one attached hydrogen (secondary N) is 1. The highest BCUT2D eigenvalue weighted by atomic mass is 16.6. The molecule has 1 aliphatic carbocycles. The molecule has 3 rings (SSSR count). The van der Waals surface area contributed by atoms with E-state index in [1.807, 2.05) is 0 Å². The van der Waals surface area contributed by atoms with Crippen molar-refractivity contribution in [2.45, 2.75) is 36.9 Å². The molecule has 92 valence electrons. The molecule has 5 N–H and O–H groups in total. The molecule has 1 aromatic heterocycles. The minimum absolute atomic E-state index is 0.0194. The number of aliphatic hydroxyl groups is 2. The van der Waals surface area contributed by atoms with Gasteiger partial charge in [0.15, 0.2) is 6.23 Å². The van der Waals surface area contributed by atoms with Gasteiger partial charge in [0.2, 0.25) is 6.33 Å². The first kappa shape index (κ1) is 10.6. The van der Waals surface area contributed by atoms with Gasteiger partial charge in [0.05, 0.1) is 6.10 Å². The van der Waals surface area contributed by atoms with Crippen molar-refractivity contribution in [2.24, 2.45) is 0 Å². The molecular weight excluding hydrogens is 228 g/mol. The van der Waals surface area contributed by atoms with Gasteiger partial charge in [-0.05, 0) is 0 Å². The van der Waals surface area contributed by atoms with E-state index in [9.17, 15) is 15.0 Å². The Kier molecular flexibility index (Phi) is 2.03. The maximum absolute atomic E-state index is 11.6. The number of aliphatic hydroxyl groups excluding tert-OH is 1. The Bertz CT molecular complexity index is 518. The third-order valence-electron chi connectivity index (χ3n) is 3.37. The number of nitrogens with two attached hydrogens (primary N) is 1. The lowest BCUT2D eigenvalue weighted by atomic mass is 9.74. The quantitative estimate of drug-likeness (QED) is 0.400. The van der Waals surface area contributed by atoms with Crippen LogP contribution in [0.15, 0.2) is 11.1 Å². The Morgan fingerprint density at radius 2 is 2.41 bits per heavy atom. The number of aromatic amines is 1. The second-order valence-electron chi connectivity index (χ2n) is 4.56. The van der Waals surface area contributed by atoms with Gasteiger partial charge in [-0.25, -0.2) is 4.79 Å². The number of rotatable bonds is 1. The molecule has 4 atom stereocenters. The predicted octanol–water partition coefficient (Wildman–Crippen LogP) is -2.58. The zero-order valence-electron chi connectivity index (χ0n) is 8.91. The van der Waals surface area contributed by atoms with Gasteiger partial charge < -0.3 is 20.7 Å². The summed E-state index contributed by atoms with van der Waals surface area (Å²) in [7, 11) is 0. The van der Waals surface area contributed by atoms with Crippen LogP contribution in [0.2, 0.25) is 0 Å². The summed E-state index contributed by atoms with van der Waals surface area (Å²) >= 11 is 0. The van der Waals surface area contributed by atoms with Gasteiger partial charge in [-0.15, -0.1) is 0 Å². The zero-order chi connectivity index (χ0) is 12.2. The van der Waals surface area contributed by atoms with Crippen molar-refractivity contribution in [1.29, 1.82) is 0 Å². The summed E-state index contributed by atoms with van der Waals surface area (Å²) in [6.45, 7) is 0. The molecule has 3 unspecified atom stereocenters. The second-order valence-corrected chi connectivity index (χ2v) is 4.56. The first-order valence-electron chi connectivity index (χ1n) is 5.31. The van der Waals surface area contributed by atoms with Gasteiger partial charge >= 0.3 is 11.6 Å². The van der Waals surface area contributed by atoms with Crippen molar-refractivity contribution in [3.05, 3.63) is 16.8 Å². The van der Waals surface area contributed by atoms with E-state index < -0.39 is 29.7 Å². The first-order chi connectivity index (χ1) is 7.99. The summed E-state index contributed by atoms with van der Waals surface area (Å²) in [4.78, 5) is 17.7. The van der Waals surface area contributed by atoms with E-state index in [4.69, 9.17) is 10.5 Å². The van der Waals surface area contributed by atoms with E-state index in [0.717, 1.165) is 0 Å². The van der Waals surface area contributed by atoms with E-state index in [0.29, 0.717) is 0 Å². The van der Waals surface area contributed by atoms with Gasteiger partial charge in [-0.1, -0.05) is 4.98 Å². The standard InChI is InChI=1S/C9H12N4O4/c10-7-11-3-13(8(15)12-7)5-2-9(16)1-4(14)6(9)17-5/h3-6,14,16H,1-2H2,(H2,10,12,15)/p+1/t4?,5-,6?,9?/m1/s1. The molecule has 0 amide bonds. The summed E-state index contributed by atoms with van der Waals surface area (Å²) in [5.41, 5.74) is 3.84. The van der Waals surface area contributed by atoms with E-state index in [1.165, 1.54) is 10.9 Å². The van der Waals surface area contributed by atoms with E-state index in [1.54, 1.807) is 0 Å². The number of hydrogen-bond acceptors (Lipinski definition) is 6. The number of aromatic nitrogens is 3. The number of ether oxygens (including phenoxy) is 1. The molecule has 8 nitrogen and oxygen atoms in total. The minimum atomic E-state index is -1.04. The molecule has 8 heteroatoms. The Morgan fingerprint density at radius 1 is 1.65 bits per heavy atom. The van der Waals surface area contributed by atoms with Crippen molar-refractivity contribution >= 4 is 5.95 Å². The summed E-state index contributed by atoms with van der Waals surface area (Å²) in [6, 6.07) is 0. The van der Waals surface area contributed by atoms with Crippen molar-refractivity contribution in [3.8, 4) is 0 Å². The predicted molar refractivity (Wildman–Crippen MR) is 53.6 cm³/mol. The highest BCUT2D eigenvalue weighted by Crippen LogP contribution is 2.47. The maximum Gasteiger partial charge on any atom is 0.446 e. The normalized spacial score (nSPS) is 39.8. The minimum Gasteiger partial charge on any atom is -0.390 e. The third-order valence-corrected chi connectivity index (χ3v) is 3.37. The molecule has 17 heavy (non-hydrogen) atoms. The zero-order valence-corrected chi connectivity index (χ0v) is 8.91. The topological polar surface area (TPSA) is 125 Å². The summed E-state index contributed by atoms with van der Waals surface area (Å²) in [5, 5.41) is 19.5. The van der Waals surface area contributed by atoms with Crippen LogP contribution in [0, 0.1) is 0 Å². The highest BCUT2D eigenvalue weighted by Gasteiger charge is 2.61. The Hall–Kier alpha value is -1.51. The van der Waals surface area contributed by atoms with Gasteiger partial charge in [0.25, 0.3) is 0 Å². The lowest BCUT2D eigenvalue weighted by molar-refractivity contribution is -0.776. The lowest BCUT2D eigenvalue weighted by Gasteiger charge is -2.42. The van der Waals surface area contributed by atoms with Crippen LogP contribution < -0.4 is 16.0 Å². The SMILES string of the molecule is Nc1nc[n+]([C@H]2CC3(O)CC(O)C3O2)c(=O)[nH]1. The van der Waals surface area contributed by atoms with Crippen molar-refractivity contribution in [3.63, 3.8) is 0 Å². The number of nitrogen functional groups attached to an aromatic ring is 1. The Balaban J connectivity index is 1.90. The van der Waals surface area contributed by atoms with Gasteiger partial charge in [-0.3, -0.25) is 0 Å². The number of hydrogen-bond donors (Lipinski definition) is 4. The molecule has 0 spiro atoms. The number of nitrogens with zero attached hydrogens (tertiary/aromatic N) is 2. The van der Waals surface area contributed by atoms with E-state index in [2.05, 4.69) is 9.97 Å².